The van der Waals surface area contributed by atoms with Crippen molar-refractivity contribution in [3.63, 3.8) is 0 Å². The summed E-state index contributed by atoms with van der Waals surface area (Å²) in [6.07, 6.45) is -0.539. The van der Waals surface area contributed by atoms with E-state index in [0.717, 1.165) is 22.3 Å². The van der Waals surface area contributed by atoms with Crippen molar-refractivity contribution in [2.75, 3.05) is 6.61 Å². The molecule has 0 saturated carbocycles. The normalized spacial score (nSPS) is 13.8. The molecular formula is C21H22FNO3. The summed E-state index contributed by atoms with van der Waals surface area (Å²) in [5, 5.41) is 2.33. The van der Waals surface area contributed by atoms with E-state index in [0.29, 0.717) is 0 Å². The third-order valence-electron chi connectivity index (χ3n) is 4.62. The van der Waals surface area contributed by atoms with Crippen molar-refractivity contribution >= 4 is 12.1 Å². The molecule has 1 aliphatic rings. The second-order valence-corrected chi connectivity index (χ2v) is 6.96. The molecule has 136 valence electrons. The van der Waals surface area contributed by atoms with Crippen LogP contribution in [0.25, 0.3) is 11.1 Å². The number of amides is 1. The fourth-order valence-electron chi connectivity index (χ4n) is 3.46. The van der Waals surface area contributed by atoms with Crippen molar-refractivity contribution in [1.29, 1.82) is 0 Å². The predicted molar refractivity (Wildman–Crippen MR) is 97.6 cm³/mol. The number of fused-ring (bicyclic) bond motifs is 3. The lowest BCUT2D eigenvalue weighted by Crippen LogP contribution is -2.40. The van der Waals surface area contributed by atoms with E-state index in [1.807, 2.05) is 50.2 Å². The number of nitrogens with one attached hydrogen (secondary N) is 1. The molecule has 5 heteroatoms. The lowest BCUT2D eigenvalue weighted by atomic mass is 9.98. The topological polar surface area (TPSA) is 55.4 Å². The molecule has 2 aromatic carbocycles. The minimum absolute atomic E-state index is 0.0715. The summed E-state index contributed by atoms with van der Waals surface area (Å²) in [7, 11) is 0. The molecule has 26 heavy (non-hydrogen) atoms. The average Bonchev–Trinajstić information content (AvgIpc) is 2.93. The molecule has 0 spiro atoms. The average molecular weight is 355 g/mol. The molecule has 3 rings (SSSR count). The Morgan fingerprint density at radius 2 is 1.58 bits per heavy atom. The van der Waals surface area contributed by atoms with E-state index in [-0.39, 0.29) is 24.9 Å². The van der Waals surface area contributed by atoms with Gasteiger partial charge in [0.2, 0.25) is 0 Å². The number of carbonyl (C=O) groups is 2. The van der Waals surface area contributed by atoms with E-state index in [2.05, 4.69) is 17.4 Å². The third-order valence-corrected chi connectivity index (χ3v) is 4.62. The van der Waals surface area contributed by atoms with Gasteiger partial charge in [0, 0.05) is 5.92 Å². The molecule has 0 aliphatic heterocycles. The number of alkyl carbamates (subject to hydrolysis) is 1. The van der Waals surface area contributed by atoms with Crippen molar-refractivity contribution in [2.24, 2.45) is 5.92 Å². The van der Waals surface area contributed by atoms with E-state index in [4.69, 9.17) is 4.74 Å². The minimum atomic E-state index is -1.55. The van der Waals surface area contributed by atoms with Gasteiger partial charge < -0.3 is 10.1 Å². The molecule has 1 unspecified atom stereocenters. The fraction of sp³-hybridized carbons (Fsp3) is 0.333. The SMILES string of the molecule is CC(C)CC(NC(=O)OCC1c2ccccc2-c2ccccc21)C(=O)F. The Labute approximate surface area is 152 Å². The molecule has 1 N–H and O–H groups in total. The largest absolute Gasteiger partial charge is 0.449 e. The molecule has 1 amide bonds. The Morgan fingerprint density at radius 3 is 2.08 bits per heavy atom. The first-order chi connectivity index (χ1) is 12.5. The maximum atomic E-state index is 13.1. The van der Waals surface area contributed by atoms with Crippen LogP contribution in [0.1, 0.15) is 37.3 Å². The second-order valence-electron chi connectivity index (χ2n) is 6.96. The number of benzene rings is 2. The van der Waals surface area contributed by atoms with Gasteiger partial charge in [-0.25, -0.2) is 4.79 Å². The first kappa shape index (κ1) is 18.1. The zero-order valence-corrected chi connectivity index (χ0v) is 14.9. The van der Waals surface area contributed by atoms with Gasteiger partial charge in [0.1, 0.15) is 12.6 Å². The van der Waals surface area contributed by atoms with Gasteiger partial charge in [-0.1, -0.05) is 62.4 Å². The zero-order valence-electron chi connectivity index (χ0n) is 14.9. The Kier molecular flexibility index (Phi) is 5.35. The Balaban J connectivity index is 1.70. The molecule has 0 radical (unpaired) electrons. The van der Waals surface area contributed by atoms with Crippen LogP contribution in [0.3, 0.4) is 0 Å². The number of carbonyl (C=O) groups excluding carboxylic acids is 2. The highest BCUT2D eigenvalue weighted by molar-refractivity contribution is 5.81. The van der Waals surface area contributed by atoms with E-state index in [1.165, 1.54) is 0 Å². The van der Waals surface area contributed by atoms with Crippen LogP contribution in [0, 0.1) is 5.92 Å². The number of ether oxygens (including phenoxy) is 1. The maximum Gasteiger partial charge on any atom is 0.407 e. The maximum absolute atomic E-state index is 13.1. The molecule has 0 aromatic heterocycles. The first-order valence-corrected chi connectivity index (χ1v) is 8.78. The second kappa shape index (κ2) is 7.68. The molecular weight excluding hydrogens is 333 g/mol. The number of hydrogen-bond donors (Lipinski definition) is 1. The van der Waals surface area contributed by atoms with Crippen LogP contribution < -0.4 is 5.32 Å². The van der Waals surface area contributed by atoms with Crippen molar-refractivity contribution < 1.29 is 18.7 Å². The lowest BCUT2D eigenvalue weighted by Gasteiger charge is -2.18. The zero-order chi connectivity index (χ0) is 18.7. The summed E-state index contributed by atoms with van der Waals surface area (Å²) >= 11 is 0. The van der Waals surface area contributed by atoms with Crippen LogP contribution in [0.15, 0.2) is 48.5 Å². The van der Waals surface area contributed by atoms with E-state index in [9.17, 15) is 14.0 Å². The molecule has 2 aromatic rings. The lowest BCUT2D eigenvalue weighted by molar-refractivity contribution is -0.131. The highest BCUT2D eigenvalue weighted by Gasteiger charge is 2.29. The fourth-order valence-corrected chi connectivity index (χ4v) is 3.46. The van der Waals surface area contributed by atoms with Crippen LogP contribution in [0.5, 0.6) is 0 Å². The van der Waals surface area contributed by atoms with E-state index in [1.54, 1.807) is 0 Å². The van der Waals surface area contributed by atoms with Crippen LogP contribution in [-0.4, -0.2) is 24.8 Å². The van der Waals surface area contributed by atoms with Crippen molar-refractivity contribution in [2.45, 2.75) is 32.2 Å². The summed E-state index contributed by atoms with van der Waals surface area (Å²) in [5.74, 6) is 0.00589. The molecule has 0 heterocycles. The quantitative estimate of drug-likeness (QED) is 0.780. The number of hydrogen-bond acceptors (Lipinski definition) is 3. The molecule has 0 bridgehead atoms. The van der Waals surface area contributed by atoms with Gasteiger partial charge >= 0.3 is 12.1 Å². The molecule has 0 fully saturated rings. The monoisotopic (exact) mass is 355 g/mol. The standard InChI is InChI=1S/C21H22FNO3/c1-13(2)11-19(20(22)24)23-21(25)26-12-18-16-9-5-3-7-14(16)15-8-4-6-10-17(15)18/h3-10,13,18-19H,11-12H2,1-2H3,(H,23,25). The smallest absolute Gasteiger partial charge is 0.407 e. The van der Waals surface area contributed by atoms with E-state index < -0.39 is 18.2 Å². The highest BCUT2D eigenvalue weighted by Crippen LogP contribution is 2.44. The predicted octanol–water partition coefficient (Wildman–Crippen LogP) is 4.44. The van der Waals surface area contributed by atoms with Crippen molar-refractivity contribution in [1.82, 2.24) is 5.32 Å². The van der Waals surface area contributed by atoms with E-state index >= 15 is 0 Å². The Bertz CT molecular complexity index is 773. The summed E-state index contributed by atoms with van der Waals surface area (Å²) < 4.78 is 18.4. The third kappa shape index (κ3) is 3.77. The summed E-state index contributed by atoms with van der Waals surface area (Å²) in [6, 6.07) is 13.3. The van der Waals surface area contributed by atoms with Crippen molar-refractivity contribution in [3.05, 3.63) is 59.7 Å². The van der Waals surface area contributed by atoms with Crippen LogP contribution in [0.2, 0.25) is 0 Å². The first-order valence-electron chi connectivity index (χ1n) is 8.78. The number of rotatable bonds is 6. The van der Waals surface area contributed by atoms with Gasteiger partial charge in [0.15, 0.2) is 0 Å². The van der Waals surface area contributed by atoms with Crippen LogP contribution in [0.4, 0.5) is 9.18 Å². The summed E-state index contributed by atoms with van der Waals surface area (Å²) in [4.78, 5) is 23.1. The Hall–Kier alpha value is -2.69. The van der Waals surface area contributed by atoms with Gasteiger partial charge in [-0.05, 0) is 34.6 Å². The van der Waals surface area contributed by atoms with Gasteiger partial charge in [0.25, 0.3) is 0 Å². The summed E-state index contributed by atoms with van der Waals surface area (Å²) in [6.45, 7) is 3.85. The van der Waals surface area contributed by atoms with Gasteiger partial charge in [-0.15, -0.1) is 0 Å². The molecule has 0 saturated heterocycles. The highest BCUT2D eigenvalue weighted by atomic mass is 19.1. The van der Waals surface area contributed by atoms with Crippen LogP contribution in [-0.2, 0) is 9.53 Å². The van der Waals surface area contributed by atoms with Crippen LogP contribution >= 0.6 is 0 Å². The Morgan fingerprint density at radius 1 is 1.04 bits per heavy atom. The van der Waals surface area contributed by atoms with Gasteiger partial charge in [-0.3, -0.25) is 4.79 Å². The van der Waals surface area contributed by atoms with Crippen molar-refractivity contribution in [3.8, 4) is 11.1 Å². The number of halogens is 1. The summed E-state index contributed by atoms with van der Waals surface area (Å²) in [5.41, 5.74) is 4.46. The minimum Gasteiger partial charge on any atom is -0.449 e. The molecule has 4 nitrogen and oxygen atoms in total. The van der Waals surface area contributed by atoms with Gasteiger partial charge in [-0.2, -0.15) is 4.39 Å². The molecule has 1 aliphatic carbocycles. The molecule has 1 atom stereocenters. The van der Waals surface area contributed by atoms with Gasteiger partial charge in [0.05, 0.1) is 0 Å².